The van der Waals surface area contributed by atoms with Crippen molar-refractivity contribution in [1.29, 1.82) is 5.26 Å². The van der Waals surface area contributed by atoms with Crippen LogP contribution in [0, 0.1) is 18.3 Å². The molecule has 0 amide bonds. The van der Waals surface area contributed by atoms with Crippen LogP contribution in [0.1, 0.15) is 17.0 Å². The van der Waals surface area contributed by atoms with Crippen LogP contribution in [0.4, 0.5) is 6.01 Å². The Labute approximate surface area is 184 Å². The Hall–Kier alpha value is -3.96. The first kappa shape index (κ1) is 20.0. The number of pyridine rings is 1. The average Bonchev–Trinajstić information content (AvgIpc) is 3.22. The van der Waals surface area contributed by atoms with Gasteiger partial charge in [-0.15, -0.1) is 5.10 Å². The van der Waals surface area contributed by atoms with E-state index in [1.165, 1.54) is 5.56 Å². The molecule has 1 fully saturated rings. The fraction of sp³-hybridized carbons (Fsp3) is 0.250. The van der Waals surface area contributed by atoms with Gasteiger partial charge < -0.3 is 14.3 Å². The molecule has 2 aromatic carbocycles. The number of likely N-dealkylation sites (tertiary alicyclic amines) is 1. The van der Waals surface area contributed by atoms with Crippen molar-refractivity contribution in [3.8, 4) is 17.3 Å². The lowest BCUT2D eigenvalue weighted by atomic mass is 10.0. The summed E-state index contributed by atoms with van der Waals surface area (Å²) < 4.78 is 5.50. The molecule has 1 aliphatic rings. The van der Waals surface area contributed by atoms with Crippen LogP contribution in [-0.2, 0) is 6.54 Å². The SMILES string of the molecule is Cc1nnc(N(C)C2CN(Cc3ccc(-c4cc5c(C#N)cccc5c(=O)[nH]4)cc3)C2)o1. The molecule has 0 radical (unpaired) electrons. The Morgan fingerprint density at radius 2 is 1.97 bits per heavy atom. The van der Waals surface area contributed by atoms with E-state index in [1.54, 1.807) is 25.1 Å². The van der Waals surface area contributed by atoms with Gasteiger partial charge in [0.1, 0.15) is 0 Å². The van der Waals surface area contributed by atoms with Gasteiger partial charge in [-0.3, -0.25) is 9.69 Å². The van der Waals surface area contributed by atoms with Gasteiger partial charge in [-0.05, 0) is 29.3 Å². The highest BCUT2D eigenvalue weighted by molar-refractivity contribution is 5.89. The van der Waals surface area contributed by atoms with Crippen molar-refractivity contribution in [3.63, 3.8) is 0 Å². The van der Waals surface area contributed by atoms with E-state index in [9.17, 15) is 10.1 Å². The predicted octanol–water partition coefficient (Wildman–Crippen LogP) is 3.08. The van der Waals surface area contributed by atoms with Crippen LogP contribution in [0.2, 0.25) is 0 Å². The Morgan fingerprint density at radius 3 is 2.66 bits per heavy atom. The van der Waals surface area contributed by atoms with E-state index >= 15 is 0 Å². The Bertz CT molecular complexity index is 1380. The summed E-state index contributed by atoms with van der Waals surface area (Å²) >= 11 is 0. The molecule has 1 N–H and O–H groups in total. The molecule has 8 heteroatoms. The Morgan fingerprint density at radius 1 is 1.19 bits per heavy atom. The molecule has 160 valence electrons. The molecule has 3 heterocycles. The van der Waals surface area contributed by atoms with Crippen molar-refractivity contribution >= 4 is 16.8 Å². The molecule has 0 atom stereocenters. The number of aryl methyl sites for hydroxylation is 1. The van der Waals surface area contributed by atoms with Gasteiger partial charge in [-0.2, -0.15) is 5.26 Å². The summed E-state index contributed by atoms with van der Waals surface area (Å²) in [6, 6.07) is 18.3. The van der Waals surface area contributed by atoms with E-state index in [4.69, 9.17) is 4.42 Å². The lowest BCUT2D eigenvalue weighted by Crippen LogP contribution is -2.58. The van der Waals surface area contributed by atoms with Crippen LogP contribution in [-0.4, -0.2) is 46.3 Å². The number of aromatic nitrogens is 3. The van der Waals surface area contributed by atoms with E-state index < -0.39 is 0 Å². The van der Waals surface area contributed by atoms with Gasteiger partial charge in [0.05, 0.1) is 17.7 Å². The van der Waals surface area contributed by atoms with Gasteiger partial charge in [0.25, 0.3) is 5.56 Å². The molecule has 0 aliphatic carbocycles. The van der Waals surface area contributed by atoms with E-state index in [-0.39, 0.29) is 5.56 Å². The largest absolute Gasteiger partial charge is 0.408 e. The second kappa shape index (κ2) is 7.94. The fourth-order valence-electron chi connectivity index (χ4n) is 4.09. The van der Waals surface area contributed by atoms with Crippen molar-refractivity contribution in [3.05, 3.63) is 75.9 Å². The zero-order chi connectivity index (χ0) is 22.2. The molecule has 0 unspecified atom stereocenters. The number of nitrogens with zero attached hydrogens (tertiary/aromatic N) is 5. The third-order valence-electron chi connectivity index (χ3n) is 5.98. The minimum atomic E-state index is -0.189. The van der Waals surface area contributed by atoms with Crippen LogP contribution in [0.25, 0.3) is 22.0 Å². The normalized spacial score (nSPS) is 14.3. The van der Waals surface area contributed by atoms with Crippen molar-refractivity contribution < 1.29 is 4.42 Å². The minimum Gasteiger partial charge on any atom is -0.408 e. The van der Waals surface area contributed by atoms with E-state index in [2.05, 4.69) is 38.3 Å². The molecule has 0 bridgehead atoms. The number of nitriles is 1. The smallest absolute Gasteiger partial charge is 0.318 e. The van der Waals surface area contributed by atoms with Gasteiger partial charge in [-0.1, -0.05) is 35.4 Å². The van der Waals surface area contributed by atoms with Crippen LogP contribution in [0.15, 0.2) is 57.7 Å². The quantitative estimate of drug-likeness (QED) is 0.523. The van der Waals surface area contributed by atoms with Crippen molar-refractivity contribution in [2.75, 3.05) is 25.0 Å². The number of benzene rings is 2. The molecular weight excluding hydrogens is 404 g/mol. The van der Waals surface area contributed by atoms with E-state index in [0.717, 1.165) is 25.2 Å². The number of H-pyrrole nitrogens is 1. The molecule has 0 spiro atoms. The summed E-state index contributed by atoms with van der Waals surface area (Å²) in [6.45, 7) is 4.49. The van der Waals surface area contributed by atoms with Gasteiger partial charge >= 0.3 is 6.01 Å². The van der Waals surface area contributed by atoms with Crippen LogP contribution < -0.4 is 10.5 Å². The summed E-state index contributed by atoms with van der Waals surface area (Å²) in [7, 11) is 1.98. The second-order valence-electron chi connectivity index (χ2n) is 8.15. The third-order valence-corrected chi connectivity index (χ3v) is 5.98. The van der Waals surface area contributed by atoms with Crippen LogP contribution in [0.3, 0.4) is 0 Å². The van der Waals surface area contributed by atoms with Crippen LogP contribution in [0.5, 0.6) is 0 Å². The Balaban J connectivity index is 1.27. The molecule has 8 nitrogen and oxygen atoms in total. The molecule has 32 heavy (non-hydrogen) atoms. The summed E-state index contributed by atoms with van der Waals surface area (Å²) in [6.07, 6.45) is 0. The first-order chi connectivity index (χ1) is 15.5. The second-order valence-corrected chi connectivity index (χ2v) is 8.15. The number of hydrogen-bond acceptors (Lipinski definition) is 7. The van der Waals surface area contributed by atoms with E-state index in [1.807, 2.05) is 30.1 Å². The lowest BCUT2D eigenvalue weighted by molar-refractivity contribution is 0.136. The van der Waals surface area contributed by atoms with Crippen molar-refractivity contribution in [2.24, 2.45) is 0 Å². The van der Waals surface area contributed by atoms with Gasteiger partial charge in [0, 0.05) is 50.1 Å². The third kappa shape index (κ3) is 3.63. The lowest BCUT2D eigenvalue weighted by Gasteiger charge is -2.43. The zero-order valence-corrected chi connectivity index (χ0v) is 17.9. The standard InChI is InChI=1S/C24H22N6O2/c1-15-27-28-24(32-15)29(2)19-13-30(14-19)12-16-6-8-17(9-7-16)22-10-21-18(11-25)4-3-5-20(21)23(31)26-22/h3-10,19H,12-14H2,1-2H3,(H,26,31). The first-order valence-corrected chi connectivity index (χ1v) is 10.4. The molecule has 1 aliphatic heterocycles. The maximum atomic E-state index is 12.5. The summed E-state index contributed by atoms with van der Waals surface area (Å²) in [5.74, 6) is 0.569. The number of hydrogen-bond donors (Lipinski definition) is 1. The molecule has 1 saturated heterocycles. The number of likely N-dealkylation sites (N-methyl/N-ethyl adjacent to an activating group) is 1. The molecule has 0 saturated carbocycles. The zero-order valence-electron chi connectivity index (χ0n) is 17.9. The molecule has 2 aromatic heterocycles. The molecule has 5 rings (SSSR count). The highest BCUT2D eigenvalue weighted by Crippen LogP contribution is 2.25. The number of nitrogens with one attached hydrogen (secondary N) is 1. The van der Waals surface area contributed by atoms with Crippen molar-refractivity contribution in [2.45, 2.75) is 19.5 Å². The van der Waals surface area contributed by atoms with Crippen molar-refractivity contribution in [1.82, 2.24) is 20.1 Å². The average molecular weight is 426 g/mol. The summed E-state index contributed by atoms with van der Waals surface area (Å²) in [5, 5.41) is 18.5. The maximum absolute atomic E-state index is 12.5. The summed E-state index contributed by atoms with van der Waals surface area (Å²) in [5.41, 5.74) is 3.13. The summed E-state index contributed by atoms with van der Waals surface area (Å²) in [4.78, 5) is 19.8. The van der Waals surface area contributed by atoms with E-state index in [0.29, 0.717) is 40.0 Å². The maximum Gasteiger partial charge on any atom is 0.318 e. The topological polar surface area (TPSA) is 102 Å². The number of fused-ring (bicyclic) bond motifs is 1. The molecular formula is C24H22N6O2. The fourth-order valence-corrected chi connectivity index (χ4v) is 4.09. The molecule has 4 aromatic rings. The number of aromatic amines is 1. The van der Waals surface area contributed by atoms with Gasteiger partial charge in [-0.25, -0.2) is 0 Å². The first-order valence-electron chi connectivity index (χ1n) is 10.4. The van der Waals surface area contributed by atoms with Crippen LogP contribution >= 0.6 is 0 Å². The predicted molar refractivity (Wildman–Crippen MR) is 121 cm³/mol. The number of rotatable bonds is 5. The highest BCUT2D eigenvalue weighted by Gasteiger charge is 2.32. The minimum absolute atomic E-state index is 0.189. The Kier molecular flexibility index (Phi) is 4.96. The highest BCUT2D eigenvalue weighted by atomic mass is 16.4. The monoisotopic (exact) mass is 426 g/mol. The van der Waals surface area contributed by atoms with Gasteiger partial charge in [0.2, 0.25) is 5.89 Å². The van der Waals surface area contributed by atoms with Gasteiger partial charge in [0.15, 0.2) is 0 Å². The number of anilines is 1.